The summed E-state index contributed by atoms with van der Waals surface area (Å²) in [5.74, 6) is 0.710. The number of carbonyl (C=O) groups is 1. The molecule has 1 amide bonds. The molecule has 0 saturated heterocycles. The van der Waals surface area contributed by atoms with Crippen LogP contribution >= 0.6 is 0 Å². The Labute approximate surface area is 118 Å². The van der Waals surface area contributed by atoms with Crippen molar-refractivity contribution in [3.8, 4) is 0 Å². The highest BCUT2D eigenvalue weighted by Gasteiger charge is 2.14. The molecular weight excluding hydrogens is 252 g/mol. The van der Waals surface area contributed by atoms with Crippen LogP contribution in [0, 0.1) is 0 Å². The second-order valence-electron chi connectivity index (χ2n) is 5.26. The number of aromatic amines is 1. The molecule has 5 nitrogen and oxygen atoms in total. The van der Waals surface area contributed by atoms with Crippen molar-refractivity contribution in [3.05, 3.63) is 47.2 Å². The highest BCUT2D eigenvalue weighted by molar-refractivity contribution is 5.92. The summed E-state index contributed by atoms with van der Waals surface area (Å²) in [4.78, 5) is 13.8. The topological polar surface area (TPSA) is 75.0 Å². The van der Waals surface area contributed by atoms with Crippen molar-refractivity contribution >= 4 is 11.7 Å². The van der Waals surface area contributed by atoms with Gasteiger partial charge in [0.2, 0.25) is 0 Å². The van der Waals surface area contributed by atoms with Gasteiger partial charge in [0.05, 0.1) is 0 Å². The minimum Gasteiger partial charge on any atom is -0.382 e. The van der Waals surface area contributed by atoms with Crippen LogP contribution in [0.2, 0.25) is 0 Å². The SMILES string of the molecule is CC(C)c1ccc(CN(C)C(=O)c2cc(N)n[nH]2)cc1. The monoisotopic (exact) mass is 272 g/mol. The van der Waals surface area contributed by atoms with E-state index in [1.54, 1.807) is 18.0 Å². The lowest BCUT2D eigenvalue weighted by molar-refractivity contribution is 0.0779. The lowest BCUT2D eigenvalue weighted by atomic mass is 10.0. The van der Waals surface area contributed by atoms with E-state index in [2.05, 4.69) is 48.3 Å². The number of nitrogens with two attached hydrogens (primary N) is 1. The summed E-state index contributed by atoms with van der Waals surface area (Å²) in [7, 11) is 1.76. The van der Waals surface area contributed by atoms with E-state index in [1.165, 1.54) is 5.56 Å². The summed E-state index contributed by atoms with van der Waals surface area (Å²) in [6, 6.07) is 9.86. The summed E-state index contributed by atoms with van der Waals surface area (Å²) in [6.07, 6.45) is 0. The molecule has 1 aromatic carbocycles. The molecule has 0 aliphatic rings. The van der Waals surface area contributed by atoms with Crippen LogP contribution in [0.4, 0.5) is 5.82 Å². The van der Waals surface area contributed by atoms with E-state index in [9.17, 15) is 4.79 Å². The zero-order valence-electron chi connectivity index (χ0n) is 12.1. The number of anilines is 1. The van der Waals surface area contributed by atoms with E-state index in [4.69, 9.17) is 5.73 Å². The van der Waals surface area contributed by atoms with Gasteiger partial charge in [0.25, 0.3) is 5.91 Å². The van der Waals surface area contributed by atoms with Gasteiger partial charge in [-0.1, -0.05) is 38.1 Å². The Kier molecular flexibility index (Phi) is 4.08. The van der Waals surface area contributed by atoms with Gasteiger partial charge in [0, 0.05) is 19.7 Å². The number of hydrogen-bond donors (Lipinski definition) is 2. The Balaban J connectivity index is 2.03. The lowest BCUT2D eigenvalue weighted by Crippen LogP contribution is -2.26. The Bertz CT molecular complexity index is 586. The number of aromatic nitrogens is 2. The van der Waals surface area contributed by atoms with Gasteiger partial charge in [-0.3, -0.25) is 9.89 Å². The van der Waals surface area contributed by atoms with Crippen molar-refractivity contribution in [1.29, 1.82) is 0 Å². The predicted octanol–water partition coefficient (Wildman–Crippen LogP) is 2.39. The number of nitrogens with zero attached hydrogens (tertiary/aromatic N) is 2. The molecule has 0 unspecified atom stereocenters. The Morgan fingerprint density at radius 1 is 1.35 bits per heavy atom. The standard InChI is InChI=1S/C15H20N4O/c1-10(2)12-6-4-11(5-7-12)9-19(3)15(20)13-8-14(16)18-17-13/h4-8,10H,9H2,1-3H3,(H3,16,17,18). The lowest BCUT2D eigenvalue weighted by Gasteiger charge is -2.16. The van der Waals surface area contributed by atoms with Crippen LogP contribution < -0.4 is 5.73 Å². The first-order chi connectivity index (χ1) is 9.47. The summed E-state index contributed by atoms with van der Waals surface area (Å²) in [5, 5.41) is 6.39. The molecule has 0 radical (unpaired) electrons. The van der Waals surface area contributed by atoms with Crippen LogP contribution in [0.5, 0.6) is 0 Å². The number of H-pyrrole nitrogens is 1. The molecule has 0 aliphatic carbocycles. The van der Waals surface area contributed by atoms with Gasteiger partial charge in [0.15, 0.2) is 0 Å². The molecule has 2 rings (SSSR count). The maximum Gasteiger partial charge on any atom is 0.271 e. The normalized spacial score (nSPS) is 10.8. The summed E-state index contributed by atoms with van der Waals surface area (Å²) >= 11 is 0. The maximum atomic E-state index is 12.1. The molecule has 2 aromatic rings. The smallest absolute Gasteiger partial charge is 0.271 e. The number of carbonyl (C=O) groups excluding carboxylic acids is 1. The van der Waals surface area contributed by atoms with Crippen molar-refractivity contribution in [1.82, 2.24) is 15.1 Å². The summed E-state index contributed by atoms with van der Waals surface area (Å²) in [6.45, 7) is 4.87. The van der Waals surface area contributed by atoms with Crippen molar-refractivity contribution in [2.24, 2.45) is 0 Å². The number of rotatable bonds is 4. The van der Waals surface area contributed by atoms with Gasteiger partial charge in [-0.2, -0.15) is 5.10 Å². The first kappa shape index (κ1) is 14.1. The Morgan fingerprint density at radius 2 is 2.00 bits per heavy atom. The Hall–Kier alpha value is -2.30. The van der Waals surface area contributed by atoms with Gasteiger partial charge in [-0.25, -0.2) is 0 Å². The molecule has 0 spiro atoms. The third-order valence-corrected chi connectivity index (χ3v) is 3.24. The molecule has 0 atom stereocenters. The molecule has 0 fully saturated rings. The largest absolute Gasteiger partial charge is 0.382 e. The first-order valence-corrected chi connectivity index (χ1v) is 6.62. The van der Waals surface area contributed by atoms with Crippen LogP contribution in [0.1, 0.15) is 41.4 Å². The van der Waals surface area contributed by atoms with Crippen LogP contribution in [0.15, 0.2) is 30.3 Å². The second-order valence-corrected chi connectivity index (χ2v) is 5.26. The number of hydrogen-bond acceptors (Lipinski definition) is 3. The van der Waals surface area contributed by atoms with Crippen LogP contribution in [-0.2, 0) is 6.54 Å². The number of nitrogens with one attached hydrogen (secondary N) is 1. The molecule has 0 bridgehead atoms. The van der Waals surface area contributed by atoms with E-state index in [1.807, 2.05) is 0 Å². The maximum absolute atomic E-state index is 12.1. The van der Waals surface area contributed by atoms with E-state index in [-0.39, 0.29) is 5.91 Å². The molecule has 3 N–H and O–H groups in total. The van der Waals surface area contributed by atoms with Crippen LogP contribution in [0.25, 0.3) is 0 Å². The molecular formula is C15H20N4O. The summed E-state index contributed by atoms with van der Waals surface area (Å²) in [5.41, 5.74) is 8.30. The highest BCUT2D eigenvalue weighted by Crippen LogP contribution is 2.16. The van der Waals surface area contributed by atoms with Crippen molar-refractivity contribution < 1.29 is 4.79 Å². The fraction of sp³-hybridized carbons (Fsp3) is 0.333. The Morgan fingerprint density at radius 3 is 2.50 bits per heavy atom. The van der Waals surface area contributed by atoms with E-state index in [0.29, 0.717) is 24.0 Å². The zero-order chi connectivity index (χ0) is 14.7. The highest BCUT2D eigenvalue weighted by atomic mass is 16.2. The van der Waals surface area contributed by atoms with Crippen LogP contribution in [-0.4, -0.2) is 28.1 Å². The second kappa shape index (κ2) is 5.77. The van der Waals surface area contributed by atoms with E-state index >= 15 is 0 Å². The first-order valence-electron chi connectivity index (χ1n) is 6.62. The molecule has 20 heavy (non-hydrogen) atoms. The third-order valence-electron chi connectivity index (χ3n) is 3.24. The quantitative estimate of drug-likeness (QED) is 0.897. The molecule has 106 valence electrons. The van der Waals surface area contributed by atoms with Crippen molar-refractivity contribution in [2.45, 2.75) is 26.3 Å². The van der Waals surface area contributed by atoms with Crippen molar-refractivity contribution in [2.75, 3.05) is 12.8 Å². The minimum atomic E-state index is -0.123. The average molecular weight is 272 g/mol. The molecule has 0 saturated carbocycles. The molecule has 0 aliphatic heterocycles. The van der Waals surface area contributed by atoms with Gasteiger partial charge < -0.3 is 10.6 Å². The number of amides is 1. The number of benzene rings is 1. The predicted molar refractivity (Wildman–Crippen MR) is 79.3 cm³/mol. The van der Waals surface area contributed by atoms with E-state index in [0.717, 1.165) is 5.56 Å². The summed E-state index contributed by atoms with van der Waals surface area (Å²) < 4.78 is 0. The molecule has 1 aromatic heterocycles. The van der Waals surface area contributed by atoms with Gasteiger partial charge in [-0.05, 0) is 17.0 Å². The zero-order valence-corrected chi connectivity index (χ0v) is 12.1. The van der Waals surface area contributed by atoms with Gasteiger partial charge in [0.1, 0.15) is 11.5 Å². The van der Waals surface area contributed by atoms with Crippen LogP contribution in [0.3, 0.4) is 0 Å². The third kappa shape index (κ3) is 3.17. The fourth-order valence-electron chi connectivity index (χ4n) is 2.01. The van der Waals surface area contributed by atoms with Crippen molar-refractivity contribution in [3.63, 3.8) is 0 Å². The fourth-order valence-corrected chi connectivity index (χ4v) is 2.01. The van der Waals surface area contributed by atoms with Gasteiger partial charge >= 0.3 is 0 Å². The number of nitrogen functional groups attached to an aromatic ring is 1. The average Bonchev–Trinajstić information content (AvgIpc) is 2.85. The minimum absolute atomic E-state index is 0.123. The molecule has 5 heteroatoms. The van der Waals surface area contributed by atoms with E-state index < -0.39 is 0 Å². The van der Waals surface area contributed by atoms with Gasteiger partial charge in [-0.15, -0.1) is 0 Å². The molecule has 1 heterocycles.